The topological polar surface area (TPSA) is 43.8 Å². The molecule has 96 valence electrons. The summed E-state index contributed by atoms with van der Waals surface area (Å²) >= 11 is 3.45. The molecular formula is C14H11BrFN3. The summed E-state index contributed by atoms with van der Waals surface area (Å²) in [6.07, 6.45) is 0. The molecule has 0 bridgehead atoms. The zero-order chi connectivity index (χ0) is 13.6. The third-order valence-corrected chi connectivity index (χ3v) is 3.39. The van der Waals surface area contributed by atoms with Crippen LogP contribution in [0.15, 0.2) is 40.9 Å². The summed E-state index contributed by atoms with van der Waals surface area (Å²) in [5.74, 6) is 0.0402. The molecule has 0 fully saturated rings. The summed E-state index contributed by atoms with van der Waals surface area (Å²) in [6.45, 7) is 1.99. The van der Waals surface area contributed by atoms with Crippen molar-refractivity contribution in [3.63, 3.8) is 0 Å². The number of fused-ring (bicyclic) bond motifs is 1. The maximum absolute atomic E-state index is 13.4. The maximum Gasteiger partial charge on any atom is 0.205 e. The van der Waals surface area contributed by atoms with E-state index >= 15 is 0 Å². The predicted octanol–water partition coefficient (Wildman–Crippen LogP) is 3.82. The summed E-state index contributed by atoms with van der Waals surface area (Å²) in [4.78, 5) is 4.25. The summed E-state index contributed by atoms with van der Waals surface area (Å²) in [6, 6.07) is 10.4. The number of nitrogens with zero attached hydrogens (tertiary/aromatic N) is 2. The molecule has 0 saturated carbocycles. The zero-order valence-corrected chi connectivity index (χ0v) is 11.8. The fourth-order valence-electron chi connectivity index (χ4n) is 2.18. The Morgan fingerprint density at radius 3 is 2.74 bits per heavy atom. The van der Waals surface area contributed by atoms with E-state index in [0.717, 1.165) is 15.7 Å². The van der Waals surface area contributed by atoms with E-state index in [2.05, 4.69) is 20.9 Å². The van der Waals surface area contributed by atoms with Crippen LogP contribution < -0.4 is 5.73 Å². The lowest BCUT2D eigenvalue weighted by Gasteiger charge is -2.08. The average molecular weight is 320 g/mol. The number of aromatic nitrogens is 2. The van der Waals surface area contributed by atoms with Crippen molar-refractivity contribution in [2.75, 3.05) is 5.73 Å². The Balaban J connectivity index is 2.35. The van der Waals surface area contributed by atoms with Gasteiger partial charge in [-0.15, -0.1) is 0 Å². The van der Waals surface area contributed by atoms with Crippen LogP contribution in [0.3, 0.4) is 0 Å². The second-order valence-corrected chi connectivity index (χ2v) is 5.34. The van der Waals surface area contributed by atoms with E-state index in [-0.39, 0.29) is 5.82 Å². The molecule has 3 nitrogen and oxygen atoms in total. The first-order chi connectivity index (χ1) is 9.04. The lowest BCUT2D eigenvalue weighted by molar-refractivity contribution is 0.629. The highest BCUT2D eigenvalue weighted by molar-refractivity contribution is 9.10. The van der Waals surface area contributed by atoms with Gasteiger partial charge in [0.2, 0.25) is 5.95 Å². The monoisotopic (exact) mass is 319 g/mol. The number of nitrogens with two attached hydrogens (primary N) is 1. The molecule has 5 heteroatoms. The van der Waals surface area contributed by atoms with Crippen LogP contribution in [0.4, 0.5) is 10.3 Å². The molecule has 0 aliphatic heterocycles. The van der Waals surface area contributed by atoms with E-state index in [0.29, 0.717) is 17.0 Å². The minimum Gasteiger partial charge on any atom is -0.369 e. The van der Waals surface area contributed by atoms with Gasteiger partial charge < -0.3 is 5.73 Å². The number of hydrogen-bond donors (Lipinski definition) is 1. The molecular weight excluding hydrogens is 309 g/mol. The van der Waals surface area contributed by atoms with Crippen molar-refractivity contribution in [1.29, 1.82) is 0 Å². The van der Waals surface area contributed by atoms with Gasteiger partial charge in [0, 0.05) is 10.5 Å². The van der Waals surface area contributed by atoms with Gasteiger partial charge in [-0.3, -0.25) is 4.57 Å². The number of halogens is 2. The molecule has 1 heterocycles. The van der Waals surface area contributed by atoms with Gasteiger partial charge in [0.15, 0.2) is 0 Å². The lowest BCUT2D eigenvalue weighted by Crippen LogP contribution is -2.01. The number of benzene rings is 2. The van der Waals surface area contributed by atoms with Crippen LogP contribution in [0, 0.1) is 12.7 Å². The molecule has 0 saturated heterocycles. The van der Waals surface area contributed by atoms with E-state index in [1.807, 2.05) is 25.1 Å². The Kier molecular flexibility index (Phi) is 2.78. The molecule has 3 rings (SSSR count). The summed E-state index contributed by atoms with van der Waals surface area (Å²) < 4.78 is 16.1. The highest BCUT2D eigenvalue weighted by atomic mass is 79.9. The van der Waals surface area contributed by atoms with E-state index in [1.54, 1.807) is 10.6 Å². The van der Waals surface area contributed by atoms with Crippen LogP contribution in [-0.4, -0.2) is 9.55 Å². The van der Waals surface area contributed by atoms with Gasteiger partial charge in [-0.05, 0) is 42.8 Å². The van der Waals surface area contributed by atoms with Crippen molar-refractivity contribution in [3.05, 3.63) is 52.3 Å². The predicted molar refractivity (Wildman–Crippen MR) is 77.9 cm³/mol. The van der Waals surface area contributed by atoms with Crippen molar-refractivity contribution in [2.45, 2.75) is 6.92 Å². The molecule has 0 spiro atoms. The first-order valence-corrected chi connectivity index (χ1v) is 6.55. The number of rotatable bonds is 1. The number of hydrogen-bond acceptors (Lipinski definition) is 2. The quantitative estimate of drug-likeness (QED) is 0.741. The molecule has 19 heavy (non-hydrogen) atoms. The molecule has 0 aliphatic carbocycles. The minimum atomic E-state index is -0.305. The Morgan fingerprint density at radius 2 is 2.00 bits per heavy atom. The smallest absolute Gasteiger partial charge is 0.205 e. The van der Waals surface area contributed by atoms with Gasteiger partial charge >= 0.3 is 0 Å². The van der Waals surface area contributed by atoms with Gasteiger partial charge in [0.25, 0.3) is 0 Å². The highest BCUT2D eigenvalue weighted by Gasteiger charge is 2.11. The fourth-order valence-corrected chi connectivity index (χ4v) is 2.78. The number of imidazole rings is 1. The van der Waals surface area contributed by atoms with Crippen molar-refractivity contribution in [2.24, 2.45) is 0 Å². The molecule has 3 aromatic rings. The van der Waals surface area contributed by atoms with Crippen LogP contribution in [-0.2, 0) is 0 Å². The van der Waals surface area contributed by atoms with Crippen molar-refractivity contribution < 1.29 is 4.39 Å². The second kappa shape index (κ2) is 4.35. The molecule has 0 radical (unpaired) electrons. The fraction of sp³-hybridized carbons (Fsp3) is 0.0714. The minimum absolute atomic E-state index is 0.305. The Morgan fingerprint density at radius 1 is 1.21 bits per heavy atom. The third-order valence-electron chi connectivity index (χ3n) is 2.93. The number of anilines is 1. The van der Waals surface area contributed by atoms with Gasteiger partial charge in [-0.1, -0.05) is 15.9 Å². The Labute approximate surface area is 118 Å². The van der Waals surface area contributed by atoms with Crippen LogP contribution in [0.25, 0.3) is 16.7 Å². The first kappa shape index (κ1) is 12.2. The normalized spacial score (nSPS) is 11.1. The van der Waals surface area contributed by atoms with Crippen LogP contribution in [0.1, 0.15) is 5.56 Å². The van der Waals surface area contributed by atoms with E-state index in [4.69, 9.17) is 5.73 Å². The highest BCUT2D eigenvalue weighted by Crippen LogP contribution is 2.26. The lowest BCUT2D eigenvalue weighted by atomic mass is 10.2. The summed E-state index contributed by atoms with van der Waals surface area (Å²) in [5.41, 5.74) is 9.23. The van der Waals surface area contributed by atoms with E-state index in [9.17, 15) is 4.39 Å². The summed E-state index contributed by atoms with van der Waals surface area (Å²) in [7, 11) is 0. The van der Waals surface area contributed by atoms with Crippen LogP contribution in [0.5, 0.6) is 0 Å². The zero-order valence-electron chi connectivity index (χ0n) is 10.2. The number of aryl methyl sites for hydroxylation is 1. The maximum atomic E-state index is 13.4. The Hall–Kier alpha value is -1.88. The van der Waals surface area contributed by atoms with Crippen molar-refractivity contribution in [1.82, 2.24) is 9.55 Å². The number of nitrogen functional groups attached to an aromatic ring is 1. The molecule has 0 unspecified atom stereocenters. The Bertz CT molecular complexity index is 759. The van der Waals surface area contributed by atoms with Gasteiger partial charge in [0.1, 0.15) is 5.82 Å². The second-order valence-electron chi connectivity index (χ2n) is 4.43. The third kappa shape index (κ3) is 2.10. The largest absolute Gasteiger partial charge is 0.369 e. The molecule has 0 aliphatic rings. The molecule has 2 N–H and O–H groups in total. The van der Waals surface area contributed by atoms with Crippen LogP contribution in [0.2, 0.25) is 0 Å². The van der Waals surface area contributed by atoms with Crippen LogP contribution >= 0.6 is 15.9 Å². The van der Waals surface area contributed by atoms with Crippen molar-refractivity contribution >= 4 is 32.9 Å². The molecule has 1 aromatic heterocycles. The molecule has 2 aromatic carbocycles. The average Bonchev–Trinajstić information content (AvgIpc) is 2.63. The van der Waals surface area contributed by atoms with Gasteiger partial charge in [-0.25, -0.2) is 9.37 Å². The van der Waals surface area contributed by atoms with Gasteiger partial charge in [-0.2, -0.15) is 0 Å². The molecule has 0 amide bonds. The van der Waals surface area contributed by atoms with E-state index < -0.39 is 0 Å². The van der Waals surface area contributed by atoms with E-state index in [1.165, 1.54) is 12.1 Å². The molecule has 0 atom stereocenters. The summed E-state index contributed by atoms with van der Waals surface area (Å²) in [5, 5.41) is 0. The standard InChI is InChI=1S/C14H11BrFN3/c1-8-4-9(15)6-11(5-8)19-13-7-10(16)2-3-12(13)18-14(19)17/h2-7H,1H3,(H2,17,18). The first-order valence-electron chi connectivity index (χ1n) is 5.75. The van der Waals surface area contributed by atoms with Crippen molar-refractivity contribution in [3.8, 4) is 5.69 Å². The van der Waals surface area contributed by atoms with Gasteiger partial charge in [0.05, 0.1) is 16.7 Å². The SMILES string of the molecule is Cc1cc(Br)cc(-n2c(N)nc3ccc(F)cc32)c1.